The van der Waals surface area contributed by atoms with E-state index >= 15 is 0 Å². The number of amides is 2. The molecule has 0 bridgehead atoms. The van der Waals surface area contributed by atoms with Gasteiger partial charge in [0, 0.05) is 11.9 Å². The number of carbonyl (C=O) groups excluding carboxylic acids is 2. The Morgan fingerprint density at radius 2 is 1.56 bits per heavy atom. The van der Waals surface area contributed by atoms with Crippen LogP contribution in [0.2, 0.25) is 0 Å². The molecule has 2 amide bonds. The first-order valence-electron chi connectivity index (χ1n) is 9.12. The molecule has 2 N–H and O–H groups in total. The first-order valence-corrected chi connectivity index (χ1v) is 9.12. The first-order chi connectivity index (χ1) is 13.2. The Kier molecular flexibility index (Phi) is 4.50. The molecule has 3 aromatic rings. The highest BCUT2D eigenvalue weighted by Crippen LogP contribution is 2.44. The monoisotopic (exact) mass is 360 g/mol. The smallest absolute Gasteiger partial charge is 0.261 e. The van der Waals surface area contributed by atoms with Gasteiger partial charge in [0.25, 0.3) is 11.8 Å². The molecule has 0 saturated carbocycles. The molecule has 0 aliphatic carbocycles. The van der Waals surface area contributed by atoms with Crippen molar-refractivity contribution in [1.82, 2.24) is 5.32 Å². The van der Waals surface area contributed by atoms with Gasteiger partial charge in [-0.05, 0) is 23.9 Å². The van der Waals surface area contributed by atoms with Gasteiger partial charge in [0.1, 0.15) is 5.75 Å². The lowest BCUT2D eigenvalue weighted by Gasteiger charge is -2.18. The predicted octanol–water partition coefficient (Wildman–Crippen LogP) is 4.73. The highest BCUT2D eigenvalue weighted by Gasteiger charge is 2.34. The minimum Gasteiger partial charge on any atom is -0.455 e. The van der Waals surface area contributed by atoms with Gasteiger partial charge in [0.05, 0.1) is 16.8 Å². The van der Waals surface area contributed by atoms with Gasteiger partial charge in [0.2, 0.25) is 0 Å². The maximum absolute atomic E-state index is 12.6. The number of benzene rings is 3. The van der Waals surface area contributed by atoms with Gasteiger partial charge in [-0.3, -0.25) is 14.9 Å². The molecule has 0 fully saturated rings. The molecule has 3 aromatic carbocycles. The Balaban J connectivity index is 1.97. The molecule has 1 aliphatic heterocycles. The number of carbonyl (C=O) groups is 2. The number of nitrogens with one attached hydrogen (secondary N) is 2. The van der Waals surface area contributed by atoms with Crippen LogP contribution in [0.3, 0.4) is 0 Å². The third kappa shape index (κ3) is 3.01. The van der Waals surface area contributed by atoms with Gasteiger partial charge in [-0.1, -0.05) is 55.8 Å². The highest BCUT2D eigenvalue weighted by molar-refractivity contribution is 6.30. The highest BCUT2D eigenvalue weighted by atomic mass is 16.5. The lowest BCUT2D eigenvalue weighted by molar-refractivity contribution is 0.0880. The molecule has 1 heterocycles. The number of ether oxygens (including phenoxy) is 1. The largest absolute Gasteiger partial charge is 0.455 e. The molecule has 0 aromatic heterocycles. The molecule has 1 aliphatic rings. The van der Waals surface area contributed by atoms with Crippen molar-refractivity contribution in [2.24, 2.45) is 0 Å². The minimum atomic E-state index is -0.391. The van der Waals surface area contributed by atoms with Crippen LogP contribution in [0.5, 0.6) is 11.5 Å². The van der Waals surface area contributed by atoms with E-state index in [0.29, 0.717) is 40.2 Å². The summed E-state index contributed by atoms with van der Waals surface area (Å²) in [6.07, 6.45) is 1.96. The molecule has 0 spiro atoms. The lowest BCUT2D eigenvalue weighted by Crippen LogP contribution is -2.20. The van der Waals surface area contributed by atoms with E-state index in [2.05, 4.69) is 17.6 Å². The Morgan fingerprint density at radius 3 is 2.30 bits per heavy atom. The van der Waals surface area contributed by atoms with E-state index in [9.17, 15) is 9.59 Å². The second kappa shape index (κ2) is 7.11. The zero-order valence-corrected chi connectivity index (χ0v) is 15.0. The summed E-state index contributed by atoms with van der Waals surface area (Å²) in [4.78, 5) is 25.0. The fourth-order valence-electron chi connectivity index (χ4n) is 3.37. The van der Waals surface area contributed by atoms with Gasteiger partial charge in [-0.2, -0.15) is 0 Å². The van der Waals surface area contributed by atoms with Crippen molar-refractivity contribution < 1.29 is 14.3 Å². The van der Waals surface area contributed by atoms with Gasteiger partial charge in [0.15, 0.2) is 5.75 Å². The maximum atomic E-state index is 12.6. The number of rotatable bonds is 6. The summed E-state index contributed by atoms with van der Waals surface area (Å²) in [7, 11) is 0. The van der Waals surface area contributed by atoms with Crippen molar-refractivity contribution in [3.63, 3.8) is 0 Å². The molecule has 5 heteroatoms. The Morgan fingerprint density at radius 1 is 0.889 bits per heavy atom. The molecular formula is C22H20N2O3. The van der Waals surface area contributed by atoms with E-state index in [1.165, 1.54) is 0 Å². The van der Waals surface area contributed by atoms with E-state index in [4.69, 9.17) is 4.74 Å². The first kappa shape index (κ1) is 17.1. The van der Waals surface area contributed by atoms with Crippen LogP contribution < -0.4 is 15.4 Å². The molecule has 5 nitrogen and oxygen atoms in total. The summed E-state index contributed by atoms with van der Waals surface area (Å²) in [5.74, 6) is 0.482. The number of hydrogen-bond acceptors (Lipinski definition) is 4. The summed E-state index contributed by atoms with van der Waals surface area (Å²) in [5, 5.41) is 7.27. The van der Waals surface area contributed by atoms with Crippen LogP contribution >= 0.6 is 0 Å². The Bertz CT molecular complexity index is 1030. The van der Waals surface area contributed by atoms with Crippen LogP contribution in [-0.4, -0.2) is 18.4 Å². The van der Waals surface area contributed by atoms with E-state index in [0.717, 1.165) is 18.2 Å². The van der Waals surface area contributed by atoms with Crippen molar-refractivity contribution in [3.05, 3.63) is 65.7 Å². The lowest BCUT2D eigenvalue weighted by atomic mass is 9.97. The molecule has 0 unspecified atom stereocenters. The van der Waals surface area contributed by atoms with Crippen LogP contribution in [0.25, 0.3) is 10.8 Å². The third-order valence-corrected chi connectivity index (χ3v) is 4.64. The van der Waals surface area contributed by atoms with Crippen molar-refractivity contribution >= 4 is 28.3 Å². The average Bonchev–Trinajstić information content (AvgIpc) is 2.99. The average molecular weight is 360 g/mol. The second-order valence-corrected chi connectivity index (χ2v) is 6.48. The van der Waals surface area contributed by atoms with E-state index < -0.39 is 5.91 Å². The standard InChI is InChI=1S/C22H20N2O3/c1-2-3-13-23-19-18-17(21(25)24-22(18)26)15-11-7-8-12-16(15)20(19)27-14-9-5-4-6-10-14/h4-12,23H,2-3,13H2,1H3,(H,24,25,26). The summed E-state index contributed by atoms with van der Waals surface area (Å²) < 4.78 is 6.21. The number of para-hydroxylation sites is 1. The topological polar surface area (TPSA) is 67.4 Å². The molecule has 0 radical (unpaired) electrons. The minimum absolute atomic E-state index is 0.362. The molecule has 0 saturated heterocycles. The number of fused-ring (bicyclic) bond motifs is 3. The summed E-state index contributed by atoms with van der Waals surface area (Å²) in [6, 6.07) is 16.9. The quantitative estimate of drug-likeness (QED) is 0.493. The molecule has 4 rings (SSSR count). The summed E-state index contributed by atoms with van der Waals surface area (Å²) >= 11 is 0. The number of unbranched alkanes of at least 4 members (excludes halogenated alkanes) is 1. The van der Waals surface area contributed by atoms with Crippen LogP contribution in [0.4, 0.5) is 5.69 Å². The number of hydrogen-bond donors (Lipinski definition) is 2. The van der Waals surface area contributed by atoms with Crippen molar-refractivity contribution in [2.75, 3.05) is 11.9 Å². The van der Waals surface area contributed by atoms with Gasteiger partial charge in [-0.25, -0.2) is 0 Å². The summed E-state index contributed by atoms with van der Waals surface area (Å²) in [5.41, 5.74) is 1.35. The predicted molar refractivity (Wildman–Crippen MR) is 106 cm³/mol. The molecule has 0 atom stereocenters. The Hall–Kier alpha value is -3.34. The van der Waals surface area contributed by atoms with Crippen LogP contribution in [0.1, 0.15) is 40.5 Å². The summed E-state index contributed by atoms with van der Waals surface area (Å²) in [6.45, 7) is 2.79. The van der Waals surface area contributed by atoms with Gasteiger partial charge < -0.3 is 10.1 Å². The van der Waals surface area contributed by atoms with Crippen LogP contribution in [0, 0.1) is 0 Å². The van der Waals surface area contributed by atoms with E-state index in [1.807, 2.05) is 54.6 Å². The fourth-order valence-corrected chi connectivity index (χ4v) is 3.37. The SMILES string of the molecule is CCCCNc1c2c(c3ccccc3c1Oc1ccccc1)C(=O)NC2=O. The third-order valence-electron chi connectivity index (χ3n) is 4.64. The van der Waals surface area contributed by atoms with Crippen molar-refractivity contribution in [2.45, 2.75) is 19.8 Å². The number of anilines is 1. The zero-order valence-electron chi connectivity index (χ0n) is 15.0. The van der Waals surface area contributed by atoms with Gasteiger partial charge >= 0.3 is 0 Å². The van der Waals surface area contributed by atoms with E-state index in [1.54, 1.807) is 0 Å². The van der Waals surface area contributed by atoms with Gasteiger partial charge in [-0.15, -0.1) is 0 Å². The molecule has 136 valence electrons. The van der Waals surface area contributed by atoms with Crippen LogP contribution in [-0.2, 0) is 0 Å². The molecular weight excluding hydrogens is 340 g/mol. The maximum Gasteiger partial charge on any atom is 0.261 e. The Labute approximate surface area is 157 Å². The fraction of sp³-hybridized carbons (Fsp3) is 0.182. The van der Waals surface area contributed by atoms with Crippen molar-refractivity contribution in [1.29, 1.82) is 0 Å². The molecule has 27 heavy (non-hydrogen) atoms. The zero-order chi connectivity index (χ0) is 18.8. The normalized spacial score (nSPS) is 12.8. The van der Waals surface area contributed by atoms with Crippen LogP contribution in [0.15, 0.2) is 54.6 Å². The number of imide groups is 1. The van der Waals surface area contributed by atoms with E-state index in [-0.39, 0.29) is 5.91 Å². The second-order valence-electron chi connectivity index (χ2n) is 6.48. The van der Waals surface area contributed by atoms with Crippen molar-refractivity contribution in [3.8, 4) is 11.5 Å².